The number of imidazole rings is 1. The third kappa shape index (κ3) is 5.83. The predicted molar refractivity (Wildman–Crippen MR) is 163 cm³/mol. The minimum absolute atomic E-state index is 0.0725. The number of fused-ring (bicyclic) bond motifs is 1. The molecule has 4 aromatic rings. The zero-order valence-corrected chi connectivity index (χ0v) is 25.4. The van der Waals surface area contributed by atoms with Crippen LogP contribution in [-0.4, -0.2) is 75.1 Å². The summed E-state index contributed by atoms with van der Waals surface area (Å²) in [5.41, 5.74) is 7.52. The summed E-state index contributed by atoms with van der Waals surface area (Å²) in [7, 11) is 3.06. The van der Waals surface area contributed by atoms with Gasteiger partial charge < -0.3 is 30.5 Å². The van der Waals surface area contributed by atoms with Crippen molar-refractivity contribution in [3.63, 3.8) is 0 Å². The van der Waals surface area contributed by atoms with Crippen LogP contribution in [0, 0.1) is 17.6 Å². The summed E-state index contributed by atoms with van der Waals surface area (Å²) in [6.07, 6.45) is 6.53. The van der Waals surface area contributed by atoms with Gasteiger partial charge in [-0.2, -0.15) is 9.61 Å². The van der Waals surface area contributed by atoms with Crippen molar-refractivity contribution >= 4 is 23.2 Å². The summed E-state index contributed by atoms with van der Waals surface area (Å²) in [6, 6.07) is 7.06. The van der Waals surface area contributed by atoms with Crippen molar-refractivity contribution in [2.24, 2.45) is 11.7 Å². The lowest BCUT2D eigenvalue weighted by atomic mass is 9.73. The number of methoxy groups -OCH3 is 1. The molecule has 1 saturated heterocycles. The summed E-state index contributed by atoms with van der Waals surface area (Å²) in [5.74, 6) is -1.13. The molecular weight excluding hydrogens is 584 g/mol. The lowest BCUT2D eigenvalue weighted by Gasteiger charge is -2.43. The molecule has 1 saturated carbocycles. The fraction of sp³-hybridized carbons (Fsp3) is 0.438. The van der Waals surface area contributed by atoms with Crippen molar-refractivity contribution in [2.75, 3.05) is 32.7 Å². The molecule has 13 heteroatoms. The zero-order valence-electron chi connectivity index (χ0n) is 25.4. The molecule has 11 nitrogen and oxygen atoms in total. The van der Waals surface area contributed by atoms with Crippen LogP contribution in [0.1, 0.15) is 49.7 Å². The van der Waals surface area contributed by atoms with Gasteiger partial charge in [0.05, 0.1) is 53.6 Å². The number of nitrogens with one attached hydrogen (secondary N) is 1. The molecule has 2 fully saturated rings. The maximum absolute atomic E-state index is 15.4. The molecule has 1 aromatic carbocycles. The van der Waals surface area contributed by atoms with Crippen LogP contribution in [0.3, 0.4) is 0 Å². The number of pyridine rings is 1. The first-order chi connectivity index (χ1) is 21.6. The summed E-state index contributed by atoms with van der Waals surface area (Å²) < 4.78 is 42.6. The van der Waals surface area contributed by atoms with Crippen LogP contribution >= 0.6 is 0 Å². The minimum atomic E-state index is -1.35. The zero-order chi connectivity index (χ0) is 31.9. The molecule has 0 bridgehead atoms. The van der Waals surface area contributed by atoms with E-state index < -0.39 is 23.3 Å². The Bertz CT molecular complexity index is 1680. The molecule has 4 atom stereocenters. The lowest BCUT2D eigenvalue weighted by molar-refractivity contribution is -0.0682. The summed E-state index contributed by atoms with van der Waals surface area (Å²) in [5, 5.41) is 18.8. The van der Waals surface area contributed by atoms with Crippen LogP contribution < -0.4 is 11.1 Å². The number of likely N-dealkylation sites (N-methyl/N-ethyl adjacent to an activating group) is 1. The fourth-order valence-corrected chi connectivity index (χ4v) is 6.93. The predicted octanol–water partition coefficient (Wildman–Crippen LogP) is 4.72. The second-order valence-electron chi connectivity index (χ2n) is 12.1. The van der Waals surface area contributed by atoms with Gasteiger partial charge in [0.15, 0.2) is 0 Å². The number of carbonyl (C=O) groups is 1. The van der Waals surface area contributed by atoms with Crippen LogP contribution in [0.15, 0.2) is 48.9 Å². The van der Waals surface area contributed by atoms with Crippen LogP contribution in [0.5, 0.6) is 0 Å². The molecule has 6 rings (SSSR count). The van der Waals surface area contributed by atoms with E-state index in [1.165, 1.54) is 29.8 Å². The van der Waals surface area contributed by atoms with Crippen molar-refractivity contribution in [3.05, 3.63) is 71.7 Å². The second kappa shape index (κ2) is 12.3. The normalized spacial score (nSPS) is 23.1. The standard InChI is InChI=1S/C32H37F2N7O4/c1-18-12-19(13-25(35)29(18)40(2)31(42)44-3)22-6-9-36-17-27(22)38-30-37-16-21-4-5-26(39-41(21)30)28-23(33)14-20(15-24(28)34)32(43)7-10-45-11-8-32/h4-6,9,14-19,25,29,43H,7-8,10-13,35H2,1-3H3,(H,37,38). The van der Waals surface area contributed by atoms with Crippen LogP contribution in [0.25, 0.3) is 16.8 Å². The van der Waals surface area contributed by atoms with Crippen LogP contribution in [-0.2, 0) is 15.1 Å². The average Bonchev–Trinajstić information content (AvgIpc) is 3.42. The smallest absolute Gasteiger partial charge is 0.409 e. The van der Waals surface area contributed by atoms with Crippen LogP contribution in [0.2, 0.25) is 0 Å². The number of nitrogens with zero attached hydrogens (tertiary/aromatic N) is 5. The first-order valence-electron chi connectivity index (χ1n) is 15.0. The van der Waals surface area contributed by atoms with Crippen molar-refractivity contribution < 1.29 is 28.2 Å². The third-order valence-corrected chi connectivity index (χ3v) is 9.23. The largest absolute Gasteiger partial charge is 0.453 e. The molecule has 2 aliphatic rings. The molecule has 1 aliphatic carbocycles. The van der Waals surface area contributed by atoms with Crippen molar-refractivity contribution in [3.8, 4) is 11.3 Å². The number of amides is 1. The summed E-state index contributed by atoms with van der Waals surface area (Å²) in [4.78, 5) is 22.6. The van der Waals surface area contributed by atoms with Crippen molar-refractivity contribution in [2.45, 2.75) is 56.2 Å². The Morgan fingerprint density at radius 3 is 2.60 bits per heavy atom. The molecule has 1 amide bonds. The van der Waals surface area contributed by atoms with Gasteiger partial charge in [0.25, 0.3) is 0 Å². The molecule has 0 spiro atoms. The van der Waals surface area contributed by atoms with Gasteiger partial charge in [0.2, 0.25) is 5.95 Å². The van der Waals surface area contributed by atoms with Gasteiger partial charge in [-0.3, -0.25) is 4.98 Å². The number of ether oxygens (including phenoxy) is 2. The monoisotopic (exact) mass is 621 g/mol. The number of nitrogens with two attached hydrogens (primary N) is 1. The number of hydrogen-bond donors (Lipinski definition) is 3. The maximum atomic E-state index is 15.4. The first-order valence-corrected chi connectivity index (χ1v) is 15.0. The third-order valence-electron chi connectivity index (χ3n) is 9.23. The first kappa shape index (κ1) is 30.8. The highest BCUT2D eigenvalue weighted by molar-refractivity contribution is 5.68. The number of aromatic nitrogens is 4. The number of hydrogen-bond acceptors (Lipinski definition) is 9. The molecule has 4 heterocycles. The highest BCUT2D eigenvalue weighted by atomic mass is 19.1. The number of aliphatic hydroxyl groups is 1. The topological polar surface area (TPSA) is 140 Å². The fourth-order valence-electron chi connectivity index (χ4n) is 6.93. The van der Waals surface area contributed by atoms with Crippen LogP contribution in [0.4, 0.5) is 25.2 Å². The molecule has 238 valence electrons. The molecule has 3 aromatic heterocycles. The van der Waals surface area contributed by atoms with E-state index in [0.717, 1.165) is 12.0 Å². The molecule has 4 N–H and O–H groups in total. The van der Waals surface area contributed by atoms with E-state index in [4.69, 9.17) is 15.2 Å². The van der Waals surface area contributed by atoms with Gasteiger partial charge in [-0.1, -0.05) is 6.92 Å². The van der Waals surface area contributed by atoms with E-state index >= 15 is 8.78 Å². The lowest BCUT2D eigenvalue weighted by Crippen LogP contribution is -2.55. The van der Waals surface area contributed by atoms with Gasteiger partial charge in [-0.15, -0.1) is 0 Å². The number of carbonyl (C=O) groups excluding carboxylic acids is 1. The Morgan fingerprint density at radius 2 is 1.91 bits per heavy atom. The van der Waals surface area contributed by atoms with E-state index in [1.807, 2.05) is 6.07 Å². The summed E-state index contributed by atoms with van der Waals surface area (Å²) in [6.45, 7) is 2.70. The maximum Gasteiger partial charge on any atom is 0.409 e. The average molecular weight is 622 g/mol. The number of rotatable bonds is 6. The van der Waals surface area contributed by atoms with Crippen molar-refractivity contribution in [1.82, 2.24) is 24.5 Å². The minimum Gasteiger partial charge on any atom is -0.453 e. The Labute approximate surface area is 259 Å². The highest BCUT2D eigenvalue weighted by Gasteiger charge is 2.39. The Balaban J connectivity index is 1.28. The Kier molecular flexibility index (Phi) is 8.42. The van der Waals surface area contributed by atoms with E-state index in [1.54, 1.807) is 36.6 Å². The van der Waals surface area contributed by atoms with E-state index in [0.29, 0.717) is 36.8 Å². The molecule has 45 heavy (non-hydrogen) atoms. The van der Waals surface area contributed by atoms with E-state index in [2.05, 4.69) is 27.3 Å². The van der Waals surface area contributed by atoms with Crippen molar-refractivity contribution in [1.29, 1.82) is 0 Å². The van der Waals surface area contributed by atoms with E-state index in [9.17, 15) is 9.90 Å². The molecule has 1 aliphatic heterocycles. The SMILES string of the molecule is COC(=O)N(C)C1C(C)CC(c2ccncc2Nc2ncc3ccc(-c4c(F)cc(C5(O)CCOCC5)cc4F)nn23)CC1N. The second-order valence-corrected chi connectivity index (χ2v) is 12.1. The Hall–Kier alpha value is -4.20. The number of anilines is 2. The van der Waals surface area contributed by atoms with Gasteiger partial charge >= 0.3 is 6.09 Å². The number of halogens is 2. The number of benzene rings is 1. The summed E-state index contributed by atoms with van der Waals surface area (Å²) >= 11 is 0. The van der Waals surface area contributed by atoms with Gasteiger partial charge in [0.1, 0.15) is 11.6 Å². The van der Waals surface area contributed by atoms with Gasteiger partial charge in [-0.05, 0) is 66.1 Å². The molecule has 4 unspecified atom stereocenters. The highest BCUT2D eigenvalue weighted by Crippen LogP contribution is 2.41. The Morgan fingerprint density at radius 1 is 1.18 bits per heavy atom. The molecule has 0 radical (unpaired) electrons. The molecular formula is C32H37F2N7O4. The van der Waals surface area contributed by atoms with Gasteiger partial charge in [0, 0.05) is 45.3 Å². The van der Waals surface area contributed by atoms with E-state index in [-0.39, 0.29) is 53.6 Å². The van der Waals surface area contributed by atoms with Gasteiger partial charge in [-0.25, -0.2) is 18.6 Å². The quantitative estimate of drug-likeness (QED) is 0.279.